The first-order valence-corrected chi connectivity index (χ1v) is 6.38. The lowest BCUT2D eigenvalue weighted by atomic mass is 10.1. The molecule has 1 aromatic carbocycles. The van der Waals surface area contributed by atoms with Gasteiger partial charge in [0.15, 0.2) is 0 Å². The molecular formula is C15H20N2O. The van der Waals surface area contributed by atoms with Gasteiger partial charge in [0.05, 0.1) is 0 Å². The molecule has 1 saturated carbocycles. The molecule has 1 fully saturated rings. The van der Waals surface area contributed by atoms with Gasteiger partial charge in [0.2, 0.25) is 5.91 Å². The number of anilines is 1. The monoisotopic (exact) mass is 244 g/mol. The second kappa shape index (κ2) is 5.25. The van der Waals surface area contributed by atoms with E-state index in [0.717, 1.165) is 5.56 Å². The van der Waals surface area contributed by atoms with Crippen molar-refractivity contribution in [3.8, 4) is 0 Å². The van der Waals surface area contributed by atoms with Crippen molar-refractivity contribution < 1.29 is 4.79 Å². The van der Waals surface area contributed by atoms with Crippen LogP contribution in [0.5, 0.6) is 0 Å². The van der Waals surface area contributed by atoms with Crippen LogP contribution in [0.25, 0.3) is 6.08 Å². The number of amides is 1. The van der Waals surface area contributed by atoms with Gasteiger partial charge >= 0.3 is 0 Å². The average Bonchev–Trinajstić information content (AvgIpc) is 3.18. The van der Waals surface area contributed by atoms with Gasteiger partial charge in [0, 0.05) is 24.9 Å². The highest BCUT2D eigenvalue weighted by Gasteiger charge is 2.31. The van der Waals surface area contributed by atoms with Gasteiger partial charge in [0.1, 0.15) is 0 Å². The fourth-order valence-corrected chi connectivity index (χ4v) is 2.04. The summed E-state index contributed by atoms with van der Waals surface area (Å²) in [6.07, 6.45) is 5.93. The van der Waals surface area contributed by atoms with E-state index in [-0.39, 0.29) is 5.91 Å². The molecule has 3 nitrogen and oxygen atoms in total. The van der Waals surface area contributed by atoms with Crippen LogP contribution in [0.3, 0.4) is 0 Å². The van der Waals surface area contributed by atoms with Crippen LogP contribution < -0.4 is 5.73 Å². The third-order valence-corrected chi connectivity index (χ3v) is 3.59. The van der Waals surface area contributed by atoms with E-state index in [2.05, 4.69) is 6.92 Å². The van der Waals surface area contributed by atoms with E-state index < -0.39 is 0 Å². The number of nitrogens with two attached hydrogens (primary N) is 1. The zero-order valence-corrected chi connectivity index (χ0v) is 11.0. The van der Waals surface area contributed by atoms with Crippen molar-refractivity contribution in [3.63, 3.8) is 0 Å². The van der Waals surface area contributed by atoms with Crippen molar-refractivity contribution in [2.45, 2.75) is 25.8 Å². The summed E-state index contributed by atoms with van der Waals surface area (Å²) in [6, 6.07) is 7.85. The molecule has 1 unspecified atom stereocenters. The van der Waals surface area contributed by atoms with Gasteiger partial charge in [-0.05, 0) is 49.5 Å². The fourth-order valence-electron chi connectivity index (χ4n) is 2.04. The zero-order valence-electron chi connectivity index (χ0n) is 11.0. The normalized spacial score (nSPS) is 16.8. The molecule has 0 radical (unpaired) electrons. The highest BCUT2D eigenvalue weighted by atomic mass is 16.2. The van der Waals surface area contributed by atoms with Crippen LogP contribution in [0, 0.1) is 5.92 Å². The molecule has 3 heteroatoms. The third-order valence-electron chi connectivity index (χ3n) is 3.59. The molecule has 1 amide bonds. The Morgan fingerprint density at radius 1 is 1.50 bits per heavy atom. The van der Waals surface area contributed by atoms with Gasteiger partial charge in [0.25, 0.3) is 0 Å². The molecule has 0 aliphatic heterocycles. The van der Waals surface area contributed by atoms with E-state index in [1.54, 1.807) is 6.08 Å². The van der Waals surface area contributed by atoms with Gasteiger partial charge in [-0.1, -0.05) is 12.1 Å². The molecule has 0 saturated heterocycles. The molecule has 2 N–H and O–H groups in total. The number of nitrogens with zero attached hydrogens (tertiary/aromatic N) is 1. The van der Waals surface area contributed by atoms with E-state index in [9.17, 15) is 4.79 Å². The second-order valence-corrected chi connectivity index (χ2v) is 5.03. The van der Waals surface area contributed by atoms with Crippen molar-refractivity contribution in [2.24, 2.45) is 5.92 Å². The lowest BCUT2D eigenvalue weighted by Crippen LogP contribution is -2.35. The van der Waals surface area contributed by atoms with Gasteiger partial charge < -0.3 is 10.6 Å². The molecule has 0 aromatic heterocycles. The Kier molecular flexibility index (Phi) is 3.70. The number of benzene rings is 1. The molecule has 1 aromatic rings. The van der Waals surface area contributed by atoms with E-state index in [1.165, 1.54) is 12.8 Å². The van der Waals surface area contributed by atoms with Crippen molar-refractivity contribution in [1.82, 2.24) is 4.90 Å². The Balaban J connectivity index is 1.97. The molecule has 1 atom stereocenters. The first-order chi connectivity index (χ1) is 8.58. The minimum Gasteiger partial charge on any atom is -0.399 e. The van der Waals surface area contributed by atoms with Crippen molar-refractivity contribution >= 4 is 17.7 Å². The van der Waals surface area contributed by atoms with Crippen LogP contribution in [0.15, 0.2) is 30.3 Å². The van der Waals surface area contributed by atoms with Crippen LogP contribution >= 0.6 is 0 Å². The molecule has 96 valence electrons. The molecule has 0 spiro atoms. The quantitative estimate of drug-likeness (QED) is 0.653. The minimum absolute atomic E-state index is 0.0526. The first-order valence-electron chi connectivity index (χ1n) is 6.38. The Hall–Kier alpha value is -1.77. The molecule has 1 aliphatic rings. The topological polar surface area (TPSA) is 46.3 Å². The zero-order chi connectivity index (χ0) is 13.1. The van der Waals surface area contributed by atoms with Crippen LogP contribution in [-0.4, -0.2) is 23.9 Å². The highest BCUT2D eigenvalue weighted by molar-refractivity contribution is 5.91. The summed E-state index contributed by atoms with van der Waals surface area (Å²) in [6.45, 7) is 2.11. The molecule has 1 aliphatic carbocycles. The van der Waals surface area contributed by atoms with Gasteiger partial charge in [-0.15, -0.1) is 0 Å². The maximum absolute atomic E-state index is 12.0. The average molecular weight is 244 g/mol. The predicted octanol–water partition coefficient (Wildman–Crippen LogP) is 2.54. The maximum Gasteiger partial charge on any atom is 0.246 e. The summed E-state index contributed by atoms with van der Waals surface area (Å²) >= 11 is 0. The van der Waals surface area contributed by atoms with Crippen LogP contribution in [0.4, 0.5) is 5.69 Å². The summed E-state index contributed by atoms with van der Waals surface area (Å²) in [5.41, 5.74) is 7.36. The van der Waals surface area contributed by atoms with Crippen LogP contribution in [0.1, 0.15) is 25.3 Å². The summed E-state index contributed by atoms with van der Waals surface area (Å²) < 4.78 is 0. The SMILES string of the molecule is CC(C1CC1)N(C)C(=O)/C=C/c1cccc(N)c1. The molecule has 2 rings (SSSR count). The highest BCUT2D eigenvalue weighted by Crippen LogP contribution is 2.34. The van der Waals surface area contributed by atoms with E-state index >= 15 is 0 Å². The Morgan fingerprint density at radius 3 is 2.83 bits per heavy atom. The fraction of sp³-hybridized carbons (Fsp3) is 0.400. The first kappa shape index (κ1) is 12.7. The number of rotatable bonds is 4. The maximum atomic E-state index is 12.0. The third kappa shape index (κ3) is 3.13. The second-order valence-electron chi connectivity index (χ2n) is 5.03. The lowest BCUT2D eigenvalue weighted by molar-refractivity contribution is -0.126. The summed E-state index contributed by atoms with van der Waals surface area (Å²) in [5, 5.41) is 0. The van der Waals surface area contributed by atoms with Gasteiger partial charge in [-0.3, -0.25) is 4.79 Å². The van der Waals surface area contributed by atoms with Gasteiger partial charge in [-0.2, -0.15) is 0 Å². The van der Waals surface area contributed by atoms with E-state index in [0.29, 0.717) is 17.6 Å². The van der Waals surface area contributed by atoms with Crippen molar-refractivity contribution in [1.29, 1.82) is 0 Å². The molecule has 18 heavy (non-hydrogen) atoms. The number of hydrogen-bond acceptors (Lipinski definition) is 2. The van der Waals surface area contributed by atoms with Crippen molar-refractivity contribution in [3.05, 3.63) is 35.9 Å². The Morgan fingerprint density at radius 2 is 2.22 bits per heavy atom. The predicted molar refractivity (Wildman–Crippen MR) is 74.8 cm³/mol. The number of carbonyl (C=O) groups is 1. The molecule has 0 heterocycles. The number of hydrogen-bond donors (Lipinski definition) is 1. The van der Waals surface area contributed by atoms with Gasteiger partial charge in [-0.25, -0.2) is 0 Å². The number of nitrogen functional groups attached to an aromatic ring is 1. The standard InChI is InChI=1S/C15H20N2O/c1-11(13-7-8-13)17(2)15(18)9-6-12-4-3-5-14(16)10-12/h3-6,9-11,13H,7-8,16H2,1-2H3/b9-6+. The lowest BCUT2D eigenvalue weighted by Gasteiger charge is -2.23. The number of likely N-dealkylation sites (N-methyl/N-ethyl adjacent to an activating group) is 1. The van der Waals surface area contributed by atoms with E-state index in [4.69, 9.17) is 5.73 Å². The minimum atomic E-state index is 0.0526. The van der Waals surface area contributed by atoms with Crippen LogP contribution in [-0.2, 0) is 4.79 Å². The molecular weight excluding hydrogens is 224 g/mol. The Labute approximate surface area is 108 Å². The summed E-state index contributed by atoms with van der Waals surface area (Å²) in [7, 11) is 1.87. The van der Waals surface area contributed by atoms with Crippen LogP contribution in [0.2, 0.25) is 0 Å². The summed E-state index contributed by atoms with van der Waals surface area (Å²) in [5.74, 6) is 0.747. The van der Waals surface area contributed by atoms with Crippen molar-refractivity contribution in [2.75, 3.05) is 12.8 Å². The largest absolute Gasteiger partial charge is 0.399 e. The smallest absolute Gasteiger partial charge is 0.246 e. The number of carbonyl (C=O) groups excluding carboxylic acids is 1. The van der Waals surface area contributed by atoms with E-state index in [1.807, 2.05) is 42.3 Å². The summed E-state index contributed by atoms with van der Waals surface area (Å²) in [4.78, 5) is 13.8. The Bertz CT molecular complexity index is 463. The molecule has 0 bridgehead atoms.